The monoisotopic (exact) mass is 411 g/mol. The maximum absolute atomic E-state index is 13.2. The van der Waals surface area contributed by atoms with Crippen molar-refractivity contribution < 1.29 is 8.42 Å². The van der Waals surface area contributed by atoms with Crippen LogP contribution in [0.15, 0.2) is 53.7 Å². The third kappa shape index (κ3) is 3.77. The fourth-order valence-electron chi connectivity index (χ4n) is 3.97. The summed E-state index contributed by atoms with van der Waals surface area (Å²) in [5.41, 5.74) is 2.68. The van der Waals surface area contributed by atoms with E-state index in [1.807, 2.05) is 74.1 Å². The molecule has 0 aliphatic carbocycles. The maximum Gasteiger partial charge on any atom is 0.243 e. The lowest BCUT2D eigenvalue weighted by atomic mass is 10.1. The van der Waals surface area contributed by atoms with Gasteiger partial charge in [0.15, 0.2) is 11.6 Å². The molecule has 4 rings (SSSR count). The van der Waals surface area contributed by atoms with Crippen molar-refractivity contribution in [3.8, 4) is 5.82 Å². The molecule has 1 aromatic carbocycles. The van der Waals surface area contributed by atoms with Gasteiger partial charge in [-0.1, -0.05) is 17.7 Å². The van der Waals surface area contributed by atoms with E-state index in [0.29, 0.717) is 31.1 Å². The zero-order valence-corrected chi connectivity index (χ0v) is 17.7. The average Bonchev–Trinajstić information content (AvgIpc) is 3.22. The standard InChI is InChI=1S/C21H25N5O2S/c1-16-14-17(2)21(18(3)15-16)29(27,28)26-12-10-25(11-13-26)20-7-6-19(22-23-20)24-8-4-5-9-24/h4-9,14-15H,10-13H2,1-3H3. The third-order valence-corrected chi connectivity index (χ3v) is 7.48. The second-order valence-corrected chi connectivity index (χ2v) is 9.33. The van der Waals surface area contributed by atoms with E-state index in [4.69, 9.17) is 0 Å². The maximum atomic E-state index is 13.2. The number of hydrogen-bond donors (Lipinski definition) is 0. The van der Waals surface area contributed by atoms with Crippen LogP contribution in [0.3, 0.4) is 0 Å². The van der Waals surface area contributed by atoms with Gasteiger partial charge in [-0.25, -0.2) is 8.42 Å². The zero-order chi connectivity index (χ0) is 20.6. The second kappa shape index (κ2) is 7.61. The van der Waals surface area contributed by atoms with E-state index in [1.165, 1.54) is 0 Å². The lowest BCUT2D eigenvalue weighted by molar-refractivity contribution is 0.383. The Kier molecular flexibility index (Phi) is 5.14. The summed E-state index contributed by atoms with van der Waals surface area (Å²) >= 11 is 0. The smallest absolute Gasteiger partial charge is 0.243 e. The van der Waals surface area contributed by atoms with Crippen LogP contribution in [-0.4, -0.2) is 53.7 Å². The molecule has 3 aromatic rings. The van der Waals surface area contributed by atoms with Gasteiger partial charge in [0.05, 0.1) is 4.90 Å². The van der Waals surface area contributed by atoms with Gasteiger partial charge >= 0.3 is 0 Å². The van der Waals surface area contributed by atoms with Crippen molar-refractivity contribution in [3.63, 3.8) is 0 Å². The minimum absolute atomic E-state index is 0.427. The van der Waals surface area contributed by atoms with Gasteiger partial charge in [-0.3, -0.25) is 0 Å². The van der Waals surface area contributed by atoms with E-state index in [1.54, 1.807) is 4.31 Å². The van der Waals surface area contributed by atoms with Crippen molar-refractivity contribution in [2.75, 3.05) is 31.1 Å². The lowest BCUT2D eigenvalue weighted by Gasteiger charge is -2.35. The van der Waals surface area contributed by atoms with E-state index in [2.05, 4.69) is 15.1 Å². The molecule has 29 heavy (non-hydrogen) atoms. The highest BCUT2D eigenvalue weighted by molar-refractivity contribution is 7.89. The number of hydrogen-bond acceptors (Lipinski definition) is 5. The highest BCUT2D eigenvalue weighted by atomic mass is 32.2. The van der Waals surface area contributed by atoms with Crippen LogP contribution >= 0.6 is 0 Å². The van der Waals surface area contributed by atoms with Crippen molar-refractivity contribution in [3.05, 3.63) is 65.5 Å². The molecule has 0 bridgehead atoms. The Balaban J connectivity index is 1.48. The average molecular weight is 412 g/mol. The number of aromatic nitrogens is 3. The quantitative estimate of drug-likeness (QED) is 0.660. The van der Waals surface area contributed by atoms with Crippen molar-refractivity contribution in [2.45, 2.75) is 25.7 Å². The molecule has 1 fully saturated rings. The van der Waals surface area contributed by atoms with Crippen molar-refractivity contribution in [1.82, 2.24) is 19.1 Å². The first-order valence-electron chi connectivity index (χ1n) is 9.66. The minimum Gasteiger partial charge on any atom is -0.352 e. The Labute approximate surface area is 171 Å². The number of benzene rings is 1. The molecule has 1 saturated heterocycles. The summed E-state index contributed by atoms with van der Waals surface area (Å²) in [5.74, 6) is 1.52. The summed E-state index contributed by atoms with van der Waals surface area (Å²) in [7, 11) is -3.51. The molecular weight excluding hydrogens is 386 g/mol. The first-order chi connectivity index (χ1) is 13.9. The molecule has 8 heteroatoms. The zero-order valence-electron chi connectivity index (χ0n) is 16.9. The van der Waals surface area contributed by atoms with Crippen LogP contribution in [0, 0.1) is 20.8 Å². The summed E-state index contributed by atoms with van der Waals surface area (Å²) in [6.07, 6.45) is 3.84. The number of aryl methyl sites for hydroxylation is 3. The molecule has 1 aliphatic rings. The van der Waals surface area contributed by atoms with Gasteiger partial charge in [-0.05, 0) is 56.2 Å². The number of rotatable bonds is 4. The van der Waals surface area contributed by atoms with Crippen LogP contribution in [0.2, 0.25) is 0 Å². The third-order valence-electron chi connectivity index (χ3n) is 5.27. The highest BCUT2D eigenvalue weighted by Gasteiger charge is 2.31. The molecular formula is C21H25N5O2S. The van der Waals surface area contributed by atoms with E-state index in [-0.39, 0.29) is 0 Å². The summed E-state index contributed by atoms with van der Waals surface area (Å²) in [4.78, 5) is 2.51. The van der Waals surface area contributed by atoms with Crippen LogP contribution < -0.4 is 4.90 Å². The Hall–Kier alpha value is -2.71. The molecule has 0 spiro atoms. The van der Waals surface area contributed by atoms with Crippen molar-refractivity contribution in [2.24, 2.45) is 0 Å². The van der Waals surface area contributed by atoms with Gasteiger partial charge in [0.1, 0.15) is 0 Å². The molecule has 0 unspecified atom stereocenters. The summed E-state index contributed by atoms with van der Waals surface area (Å²) < 4.78 is 29.9. The molecule has 0 amide bonds. The first kappa shape index (κ1) is 19.6. The molecule has 0 atom stereocenters. The van der Waals surface area contributed by atoms with Crippen LogP contribution in [0.5, 0.6) is 0 Å². The molecule has 7 nitrogen and oxygen atoms in total. The normalized spacial score (nSPS) is 15.6. The molecule has 2 aromatic heterocycles. The number of piperazine rings is 1. The summed E-state index contributed by atoms with van der Waals surface area (Å²) in [5, 5.41) is 8.61. The Bertz CT molecular complexity index is 1080. The Morgan fingerprint density at radius 3 is 1.93 bits per heavy atom. The van der Waals surface area contributed by atoms with Crippen molar-refractivity contribution in [1.29, 1.82) is 0 Å². The summed E-state index contributed by atoms with van der Waals surface area (Å²) in [6, 6.07) is 11.6. The van der Waals surface area contributed by atoms with E-state index < -0.39 is 10.0 Å². The van der Waals surface area contributed by atoms with E-state index >= 15 is 0 Å². The molecule has 0 saturated carbocycles. The largest absolute Gasteiger partial charge is 0.352 e. The summed E-state index contributed by atoms with van der Waals surface area (Å²) in [6.45, 7) is 7.74. The number of anilines is 1. The molecule has 1 aliphatic heterocycles. The van der Waals surface area contributed by atoms with Gasteiger partial charge in [0, 0.05) is 38.6 Å². The molecule has 0 radical (unpaired) electrons. The van der Waals surface area contributed by atoms with Crippen molar-refractivity contribution >= 4 is 15.8 Å². The molecule has 3 heterocycles. The predicted molar refractivity (Wildman–Crippen MR) is 113 cm³/mol. The Morgan fingerprint density at radius 2 is 1.38 bits per heavy atom. The van der Waals surface area contributed by atoms with Crippen LogP contribution in [0.4, 0.5) is 5.82 Å². The molecule has 152 valence electrons. The van der Waals surface area contributed by atoms with Gasteiger partial charge < -0.3 is 9.47 Å². The topological polar surface area (TPSA) is 71.3 Å². The van der Waals surface area contributed by atoms with E-state index in [0.717, 1.165) is 28.3 Å². The first-order valence-corrected chi connectivity index (χ1v) is 11.1. The van der Waals surface area contributed by atoms with Crippen LogP contribution in [0.1, 0.15) is 16.7 Å². The van der Waals surface area contributed by atoms with Gasteiger partial charge in [-0.15, -0.1) is 10.2 Å². The lowest BCUT2D eigenvalue weighted by Crippen LogP contribution is -2.49. The fourth-order valence-corrected chi connectivity index (χ4v) is 5.81. The number of nitrogens with zero attached hydrogens (tertiary/aromatic N) is 5. The molecule has 0 N–H and O–H groups in total. The second-order valence-electron chi connectivity index (χ2n) is 7.46. The minimum atomic E-state index is -3.51. The Morgan fingerprint density at radius 1 is 0.828 bits per heavy atom. The van der Waals surface area contributed by atoms with Gasteiger partial charge in [0.25, 0.3) is 0 Å². The van der Waals surface area contributed by atoms with Crippen LogP contribution in [-0.2, 0) is 10.0 Å². The van der Waals surface area contributed by atoms with Gasteiger partial charge in [0.2, 0.25) is 10.0 Å². The SMILES string of the molecule is Cc1cc(C)c(S(=O)(=O)N2CCN(c3ccc(-n4cccc4)nn3)CC2)c(C)c1. The number of sulfonamides is 1. The highest BCUT2D eigenvalue weighted by Crippen LogP contribution is 2.26. The predicted octanol–water partition coefficient (Wildman–Crippen LogP) is 2.70. The van der Waals surface area contributed by atoms with Crippen LogP contribution in [0.25, 0.3) is 5.82 Å². The van der Waals surface area contributed by atoms with Gasteiger partial charge in [-0.2, -0.15) is 4.31 Å². The fraction of sp³-hybridized carbons (Fsp3) is 0.333. The van der Waals surface area contributed by atoms with E-state index in [9.17, 15) is 8.42 Å².